The largest absolute Gasteiger partial charge is 0.381 e. The van der Waals surface area contributed by atoms with E-state index in [1.807, 2.05) is 53.4 Å². The molecule has 1 N–H and O–H groups in total. The number of pyridine rings is 1. The first kappa shape index (κ1) is 15.6. The van der Waals surface area contributed by atoms with Gasteiger partial charge in [0.1, 0.15) is 5.69 Å². The second-order valence-corrected chi connectivity index (χ2v) is 6.48. The van der Waals surface area contributed by atoms with Crippen LogP contribution in [0.25, 0.3) is 10.8 Å². The Balaban J connectivity index is 1.53. The molecule has 2 aromatic carbocycles. The van der Waals surface area contributed by atoms with Gasteiger partial charge in [0.05, 0.1) is 0 Å². The number of carbonyl (C=O) groups is 1. The van der Waals surface area contributed by atoms with Crippen molar-refractivity contribution in [3.05, 3.63) is 72.6 Å². The van der Waals surface area contributed by atoms with Gasteiger partial charge in [0.2, 0.25) is 0 Å². The summed E-state index contributed by atoms with van der Waals surface area (Å²) >= 11 is 0. The summed E-state index contributed by atoms with van der Waals surface area (Å²) in [5.74, 6) is 0.0244. The molecule has 0 radical (unpaired) electrons. The maximum atomic E-state index is 13.0. The minimum absolute atomic E-state index is 0.0244. The van der Waals surface area contributed by atoms with Crippen molar-refractivity contribution in [1.29, 1.82) is 0 Å². The number of piperidine rings is 1. The lowest BCUT2D eigenvalue weighted by Gasteiger charge is -2.33. The number of rotatable bonds is 3. The molecular formula is C21H21N3O. The summed E-state index contributed by atoms with van der Waals surface area (Å²) in [7, 11) is 0. The number of amides is 1. The fourth-order valence-corrected chi connectivity index (χ4v) is 3.49. The lowest BCUT2D eigenvalue weighted by molar-refractivity contribution is 0.0711. The molecule has 0 bridgehead atoms. The second-order valence-electron chi connectivity index (χ2n) is 6.48. The summed E-state index contributed by atoms with van der Waals surface area (Å²) in [6, 6.07) is 20.3. The van der Waals surface area contributed by atoms with Crippen LogP contribution in [0.4, 0.5) is 5.69 Å². The van der Waals surface area contributed by atoms with E-state index in [9.17, 15) is 4.79 Å². The number of fused-ring (bicyclic) bond motifs is 1. The van der Waals surface area contributed by atoms with Crippen LogP contribution in [0.5, 0.6) is 0 Å². The van der Waals surface area contributed by atoms with Gasteiger partial charge in [-0.2, -0.15) is 0 Å². The first-order valence-electron chi connectivity index (χ1n) is 8.76. The van der Waals surface area contributed by atoms with E-state index in [1.54, 1.807) is 6.20 Å². The van der Waals surface area contributed by atoms with Crippen LogP contribution in [-0.2, 0) is 0 Å². The lowest BCUT2D eigenvalue weighted by Crippen LogP contribution is -2.45. The van der Waals surface area contributed by atoms with Crippen LogP contribution in [0.15, 0.2) is 66.9 Å². The summed E-state index contributed by atoms with van der Waals surface area (Å²) in [5.41, 5.74) is 1.66. The third-order valence-electron chi connectivity index (χ3n) is 4.73. The Labute approximate surface area is 147 Å². The van der Waals surface area contributed by atoms with Gasteiger partial charge in [-0.1, -0.05) is 42.5 Å². The van der Waals surface area contributed by atoms with Crippen molar-refractivity contribution < 1.29 is 4.79 Å². The summed E-state index contributed by atoms with van der Waals surface area (Å²) in [6.45, 7) is 1.50. The number of carbonyl (C=O) groups excluding carboxylic acids is 1. The minimum atomic E-state index is 0.0244. The van der Waals surface area contributed by atoms with Crippen LogP contribution >= 0.6 is 0 Å². The Morgan fingerprint density at radius 1 is 1.04 bits per heavy atom. The average Bonchev–Trinajstić information content (AvgIpc) is 2.68. The number of anilines is 1. The highest BCUT2D eigenvalue weighted by molar-refractivity contribution is 6.05. The van der Waals surface area contributed by atoms with Gasteiger partial charge in [0, 0.05) is 36.4 Å². The summed E-state index contributed by atoms with van der Waals surface area (Å²) < 4.78 is 0. The van der Waals surface area contributed by atoms with Crippen LogP contribution in [0.3, 0.4) is 0 Å². The number of likely N-dealkylation sites (tertiary alicyclic amines) is 1. The Morgan fingerprint density at radius 2 is 1.84 bits per heavy atom. The van der Waals surface area contributed by atoms with Gasteiger partial charge < -0.3 is 10.2 Å². The molecule has 2 heterocycles. The molecule has 1 saturated heterocycles. The zero-order valence-corrected chi connectivity index (χ0v) is 14.1. The molecule has 4 rings (SSSR count). The van der Waals surface area contributed by atoms with Crippen LogP contribution < -0.4 is 5.32 Å². The zero-order valence-electron chi connectivity index (χ0n) is 14.1. The number of para-hydroxylation sites is 1. The monoisotopic (exact) mass is 331 g/mol. The Bertz CT molecular complexity index is 873. The normalized spacial score (nSPS) is 17.4. The van der Waals surface area contributed by atoms with Crippen LogP contribution in [0.1, 0.15) is 23.3 Å². The maximum absolute atomic E-state index is 13.0. The number of benzene rings is 2. The SMILES string of the molecule is O=C(c1nccc2ccccc12)N1CCC[C@@H](Nc2ccccc2)C1. The molecule has 25 heavy (non-hydrogen) atoms. The third kappa shape index (κ3) is 3.33. The summed E-state index contributed by atoms with van der Waals surface area (Å²) in [6.07, 6.45) is 3.79. The third-order valence-corrected chi connectivity index (χ3v) is 4.73. The number of hydrogen-bond acceptors (Lipinski definition) is 3. The summed E-state index contributed by atoms with van der Waals surface area (Å²) in [5, 5.41) is 5.52. The van der Waals surface area contributed by atoms with Gasteiger partial charge in [0.25, 0.3) is 5.91 Å². The quantitative estimate of drug-likeness (QED) is 0.790. The number of aromatic nitrogens is 1. The molecule has 0 saturated carbocycles. The highest BCUT2D eigenvalue weighted by Crippen LogP contribution is 2.21. The van der Waals surface area contributed by atoms with Crippen molar-refractivity contribution in [2.45, 2.75) is 18.9 Å². The molecule has 0 unspecified atom stereocenters. The van der Waals surface area contributed by atoms with E-state index in [2.05, 4.69) is 22.4 Å². The van der Waals surface area contributed by atoms with Gasteiger partial charge in [0.15, 0.2) is 0 Å². The first-order chi connectivity index (χ1) is 12.3. The molecule has 0 spiro atoms. The molecule has 4 heteroatoms. The highest BCUT2D eigenvalue weighted by Gasteiger charge is 2.26. The zero-order chi connectivity index (χ0) is 17.1. The van der Waals surface area contributed by atoms with Gasteiger partial charge in [-0.15, -0.1) is 0 Å². The molecule has 3 aromatic rings. The van der Waals surface area contributed by atoms with Crippen molar-refractivity contribution in [1.82, 2.24) is 9.88 Å². The molecule has 1 aliphatic heterocycles. The Morgan fingerprint density at radius 3 is 2.72 bits per heavy atom. The van der Waals surface area contributed by atoms with Gasteiger partial charge in [-0.25, -0.2) is 0 Å². The predicted octanol–water partition coefficient (Wildman–Crippen LogP) is 3.95. The molecule has 126 valence electrons. The van der Waals surface area contributed by atoms with E-state index in [0.29, 0.717) is 12.2 Å². The smallest absolute Gasteiger partial charge is 0.273 e. The second kappa shape index (κ2) is 6.93. The van der Waals surface area contributed by atoms with E-state index < -0.39 is 0 Å². The van der Waals surface area contributed by atoms with Crippen LogP contribution in [0.2, 0.25) is 0 Å². The fourth-order valence-electron chi connectivity index (χ4n) is 3.49. The van der Waals surface area contributed by atoms with Gasteiger partial charge >= 0.3 is 0 Å². The molecule has 1 aromatic heterocycles. The van der Waals surface area contributed by atoms with Crippen molar-refractivity contribution in [2.24, 2.45) is 0 Å². The number of nitrogens with zero attached hydrogens (tertiary/aromatic N) is 2. The standard InChI is InChI=1S/C21H21N3O/c25-21(20-19-11-5-4-7-16(19)12-13-22-20)24-14-6-10-18(15-24)23-17-8-2-1-3-9-17/h1-5,7-9,11-13,18,23H,6,10,14-15H2/t18-/m1/s1. The number of nitrogens with one attached hydrogen (secondary N) is 1. The Hall–Kier alpha value is -2.88. The molecular weight excluding hydrogens is 310 g/mol. The topological polar surface area (TPSA) is 45.2 Å². The molecule has 1 aliphatic rings. The lowest BCUT2D eigenvalue weighted by atomic mass is 10.0. The van der Waals surface area contributed by atoms with E-state index in [1.165, 1.54) is 0 Å². The Kier molecular flexibility index (Phi) is 4.34. The molecule has 1 amide bonds. The van der Waals surface area contributed by atoms with Gasteiger partial charge in [-0.3, -0.25) is 9.78 Å². The molecule has 1 atom stereocenters. The highest BCUT2D eigenvalue weighted by atomic mass is 16.2. The van der Waals surface area contributed by atoms with E-state index in [4.69, 9.17) is 0 Å². The molecule has 0 aliphatic carbocycles. The molecule has 1 fully saturated rings. The summed E-state index contributed by atoms with van der Waals surface area (Å²) in [4.78, 5) is 19.4. The first-order valence-corrected chi connectivity index (χ1v) is 8.76. The van der Waals surface area contributed by atoms with E-state index >= 15 is 0 Å². The van der Waals surface area contributed by atoms with Crippen molar-refractivity contribution in [2.75, 3.05) is 18.4 Å². The maximum Gasteiger partial charge on any atom is 0.273 e. The van der Waals surface area contributed by atoms with E-state index in [-0.39, 0.29) is 11.9 Å². The van der Waals surface area contributed by atoms with Crippen molar-refractivity contribution in [3.63, 3.8) is 0 Å². The number of hydrogen-bond donors (Lipinski definition) is 1. The minimum Gasteiger partial charge on any atom is -0.381 e. The van der Waals surface area contributed by atoms with Crippen LogP contribution in [0, 0.1) is 0 Å². The predicted molar refractivity (Wildman–Crippen MR) is 101 cm³/mol. The van der Waals surface area contributed by atoms with Crippen LogP contribution in [-0.4, -0.2) is 34.9 Å². The van der Waals surface area contributed by atoms with Gasteiger partial charge in [-0.05, 0) is 36.4 Å². The van der Waals surface area contributed by atoms with Crippen molar-refractivity contribution >= 4 is 22.4 Å². The average molecular weight is 331 g/mol. The van der Waals surface area contributed by atoms with Crippen molar-refractivity contribution in [3.8, 4) is 0 Å². The van der Waals surface area contributed by atoms with E-state index in [0.717, 1.165) is 35.8 Å². The molecule has 4 nitrogen and oxygen atoms in total. The fraction of sp³-hybridized carbons (Fsp3) is 0.238.